The van der Waals surface area contributed by atoms with Gasteiger partial charge in [-0.2, -0.15) is 0 Å². The van der Waals surface area contributed by atoms with Crippen LogP contribution in [0.2, 0.25) is 0 Å². The zero-order valence-electron chi connectivity index (χ0n) is 11.6. The molecule has 0 unspecified atom stereocenters. The van der Waals surface area contributed by atoms with Crippen molar-refractivity contribution in [3.05, 3.63) is 22.4 Å². The summed E-state index contributed by atoms with van der Waals surface area (Å²) in [4.78, 5) is 17.4. The number of aliphatic hydroxyl groups is 1. The fourth-order valence-electron chi connectivity index (χ4n) is 2.70. The standard InChI is InChI=1S/C14H22N2O2S/c1-15(2)7-11-8-16(9-12(11)10-17)14(18)6-13-4-3-5-19-13/h3-5,11-12,17H,6-10H2,1-2H3/t11-,12-/m1/s1. The van der Waals surface area contributed by atoms with Gasteiger partial charge in [0.05, 0.1) is 6.42 Å². The third-order valence-corrected chi connectivity index (χ3v) is 4.55. The second-order valence-corrected chi connectivity index (χ2v) is 6.55. The molecule has 0 spiro atoms. The molecule has 19 heavy (non-hydrogen) atoms. The van der Waals surface area contributed by atoms with Crippen LogP contribution in [-0.2, 0) is 11.2 Å². The number of carbonyl (C=O) groups is 1. The predicted octanol–water partition coefficient (Wildman–Crippen LogP) is 0.919. The van der Waals surface area contributed by atoms with Crippen LogP contribution in [0.5, 0.6) is 0 Å². The van der Waals surface area contributed by atoms with Crippen LogP contribution in [-0.4, -0.2) is 61.2 Å². The summed E-state index contributed by atoms with van der Waals surface area (Å²) in [6, 6.07) is 3.97. The highest BCUT2D eigenvalue weighted by Crippen LogP contribution is 2.24. The third-order valence-electron chi connectivity index (χ3n) is 3.67. The van der Waals surface area contributed by atoms with Crippen LogP contribution in [0.25, 0.3) is 0 Å². The molecule has 1 aliphatic rings. The highest BCUT2D eigenvalue weighted by molar-refractivity contribution is 7.10. The smallest absolute Gasteiger partial charge is 0.227 e. The lowest BCUT2D eigenvalue weighted by Gasteiger charge is -2.20. The maximum atomic E-state index is 12.2. The molecule has 5 heteroatoms. The summed E-state index contributed by atoms with van der Waals surface area (Å²) in [5.41, 5.74) is 0. The number of rotatable bonds is 5. The Bertz CT molecular complexity index is 406. The number of hydrogen-bond acceptors (Lipinski definition) is 4. The van der Waals surface area contributed by atoms with Crippen LogP contribution in [0, 0.1) is 11.8 Å². The second kappa shape index (κ2) is 6.50. The number of carbonyl (C=O) groups excluding carboxylic acids is 1. The summed E-state index contributed by atoms with van der Waals surface area (Å²) >= 11 is 1.62. The van der Waals surface area contributed by atoms with E-state index in [1.165, 1.54) is 0 Å². The van der Waals surface area contributed by atoms with Crippen LogP contribution in [0.4, 0.5) is 0 Å². The van der Waals surface area contributed by atoms with E-state index < -0.39 is 0 Å². The van der Waals surface area contributed by atoms with E-state index in [9.17, 15) is 9.90 Å². The van der Waals surface area contributed by atoms with Gasteiger partial charge in [-0.1, -0.05) is 6.07 Å². The quantitative estimate of drug-likeness (QED) is 0.873. The first-order valence-electron chi connectivity index (χ1n) is 6.66. The Labute approximate surface area is 118 Å². The van der Waals surface area contributed by atoms with E-state index in [0.717, 1.165) is 18.0 Å². The number of likely N-dealkylation sites (tertiary alicyclic amines) is 1. The van der Waals surface area contributed by atoms with Crippen molar-refractivity contribution in [3.63, 3.8) is 0 Å². The molecule has 2 heterocycles. The van der Waals surface area contributed by atoms with E-state index >= 15 is 0 Å². The van der Waals surface area contributed by atoms with E-state index in [-0.39, 0.29) is 18.4 Å². The summed E-state index contributed by atoms with van der Waals surface area (Å²) in [5, 5.41) is 11.4. The Hall–Kier alpha value is -0.910. The molecule has 4 nitrogen and oxygen atoms in total. The molecule has 2 rings (SSSR count). The Kier molecular flexibility index (Phi) is 4.96. The van der Waals surface area contributed by atoms with Crippen molar-refractivity contribution in [2.75, 3.05) is 40.3 Å². The summed E-state index contributed by atoms with van der Waals surface area (Å²) < 4.78 is 0. The van der Waals surface area contributed by atoms with Gasteiger partial charge < -0.3 is 14.9 Å². The van der Waals surface area contributed by atoms with Gasteiger partial charge in [0.2, 0.25) is 5.91 Å². The highest BCUT2D eigenvalue weighted by atomic mass is 32.1. The van der Waals surface area contributed by atoms with Crippen LogP contribution >= 0.6 is 11.3 Å². The van der Waals surface area contributed by atoms with Crippen molar-refractivity contribution in [1.29, 1.82) is 0 Å². The van der Waals surface area contributed by atoms with Gasteiger partial charge in [0, 0.05) is 37.0 Å². The van der Waals surface area contributed by atoms with Crippen molar-refractivity contribution < 1.29 is 9.90 Å². The summed E-state index contributed by atoms with van der Waals surface area (Å²) in [5.74, 6) is 0.782. The lowest BCUT2D eigenvalue weighted by Crippen LogP contribution is -2.31. The Morgan fingerprint density at radius 3 is 2.79 bits per heavy atom. The molecule has 0 radical (unpaired) electrons. The molecule has 2 atom stereocenters. The van der Waals surface area contributed by atoms with Crippen molar-refractivity contribution >= 4 is 17.2 Å². The minimum absolute atomic E-state index is 0.168. The van der Waals surface area contributed by atoms with Crippen LogP contribution in [0.3, 0.4) is 0 Å². The molecule has 1 amide bonds. The van der Waals surface area contributed by atoms with Crippen molar-refractivity contribution in [1.82, 2.24) is 9.80 Å². The third kappa shape index (κ3) is 3.78. The van der Waals surface area contributed by atoms with Gasteiger partial charge in [-0.15, -0.1) is 11.3 Å². The van der Waals surface area contributed by atoms with Gasteiger partial charge in [0.15, 0.2) is 0 Å². The first-order valence-corrected chi connectivity index (χ1v) is 7.54. The van der Waals surface area contributed by atoms with E-state index in [1.807, 2.05) is 36.5 Å². The summed E-state index contributed by atoms with van der Waals surface area (Å²) in [7, 11) is 4.06. The number of nitrogens with zero attached hydrogens (tertiary/aromatic N) is 2. The minimum atomic E-state index is 0.168. The van der Waals surface area contributed by atoms with Crippen LogP contribution in [0.1, 0.15) is 4.88 Å². The summed E-state index contributed by atoms with van der Waals surface area (Å²) in [6.07, 6.45) is 0.491. The number of thiophene rings is 1. The van der Waals surface area contributed by atoms with Crippen molar-refractivity contribution in [2.45, 2.75) is 6.42 Å². The molecule has 1 aromatic heterocycles. The number of amides is 1. The number of aliphatic hydroxyl groups excluding tert-OH is 1. The average molecular weight is 282 g/mol. The lowest BCUT2D eigenvalue weighted by molar-refractivity contribution is -0.129. The molecule has 0 bridgehead atoms. The van der Waals surface area contributed by atoms with Crippen molar-refractivity contribution in [3.8, 4) is 0 Å². The largest absolute Gasteiger partial charge is 0.396 e. The molecule has 1 N–H and O–H groups in total. The molecule has 1 aliphatic heterocycles. The van der Waals surface area contributed by atoms with E-state index in [0.29, 0.717) is 18.9 Å². The molecular weight excluding hydrogens is 260 g/mol. The average Bonchev–Trinajstić information content (AvgIpc) is 2.97. The van der Waals surface area contributed by atoms with Gasteiger partial charge in [-0.05, 0) is 31.5 Å². The minimum Gasteiger partial charge on any atom is -0.396 e. The Balaban J connectivity index is 1.93. The first-order chi connectivity index (χ1) is 9.10. The van der Waals surface area contributed by atoms with Gasteiger partial charge >= 0.3 is 0 Å². The molecule has 0 saturated carbocycles. The lowest BCUT2D eigenvalue weighted by atomic mass is 9.97. The van der Waals surface area contributed by atoms with Crippen LogP contribution < -0.4 is 0 Å². The molecule has 1 saturated heterocycles. The monoisotopic (exact) mass is 282 g/mol. The van der Waals surface area contributed by atoms with Gasteiger partial charge in [0.25, 0.3) is 0 Å². The highest BCUT2D eigenvalue weighted by Gasteiger charge is 2.34. The van der Waals surface area contributed by atoms with Crippen LogP contribution in [0.15, 0.2) is 17.5 Å². The topological polar surface area (TPSA) is 43.8 Å². The maximum absolute atomic E-state index is 12.2. The van der Waals surface area contributed by atoms with Gasteiger partial charge in [0.1, 0.15) is 0 Å². The fraction of sp³-hybridized carbons (Fsp3) is 0.643. The van der Waals surface area contributed by atoms with Gasteiger partial charge in [-0.3, -0.25) is 4.79 Å². The second-order valence-electron chi connectivity index (χ2n) is 5.52. The van der Waals surface area contributed by atoms with E-state index in [1.54, 1.807) is 11.3 Å². The molecule has 0 aliphatic carbocycles. The van der Waals surface area contributed by atoms with Crippen molar-refractivity contribution in [2.24, 2.45) is 11.8 Å². The van der Waals surface area contributed by atoms with E-state index in [2.05, 4.69) is 4.90 Å². The molecule has 106 valence electrons. The molecule has 1 fully saturated rings. The Morgan fingerprint density at radius 2 is 2.21 bits per heavy atom. The molecule has 0 aromatic carbocycles. The SMILES string of the molecule is CN(C)C[C@@H]1CN(C(=O)Cc2cccs2)C[C@@H]1CO. The molecule has 1 aromatic rings. The zero-order valence-corrected chi connectivity index (χ0v) is 12.4. The normalized spacial score (nSPS) is 23.3. The first kappa shape index (κ1) is 14.5. The summed E-state index contributed by atoms with van der Waals surface area (Å²) in [6.45, 7) is 2.56. The number of hydrogen-bond donors (Lipinski definition) is 1. The predicted molar refractivity (Wildman–Crippen MR) is 77.2 cm³/mol. The van der Waals surface area contributed by atoms with E-state index in [4.69, 9.17) is 0 Å². The molecular formula is C14H22N2O2S. The Morgan fingerprint density at radius 1 is 1.47 bits per heavy atom. The van der Waals surface area contributed by atoms with Gasteiger partial charge in [-0.25, -0.2) is 0 Å². The fourth-order valence-corrected chi connectivity index (χ4v) is 3.39. The zero-order chi connectivity index (χ0) is 13.8. The maximum Gasteiger partial charge on any atom is 0.227 e.